The van der Waals surface area contributed by atoms with E-state index in [1.165, 1.54) is 0 Å². The number of benzene rings is 1. The van der Waals surface area contributed by atoms with Crippen LogP contribution in [0.4, 0.5) is 5.69 Å². The number of carbonyl (C=O) groups excluding carboxylic acids is 1. The number of rotatable bonds is 3. The quantitative estimate of drug-likeness (QED) is 0.594. The van der Waals surface area contributed by atoms with Gasteiger partial charge >= 0.3 is 5.97 Å². The van der Waals surface area contributed by atoms with E-state index in [0.29, 0.717) is 12.3 Å². The first-order valence-electron chi connectivity index (χ1n) is 4.60. The zero-order valence-corrected chi connectivity index (χ0v) is 8.49. The average molecular weight is 195 g/mol. The number of anilines is 1. The van der Waals surface area contributed by atoms with E-state index in [1.54, 1.807) is 12.1 Å². The molecule has 0 aromatic heterocycles. The van der Waals surface area contributed by atoms with Crippen molar-refractivity contribution in [3.63, 3.8) is 0 Å². The van der Waals surface area contributed by atoms with Crippen LogP contribution >= 0.6 is 0 Å². The maximum Gasteiger partial charge on any atom is 0.308 e. The number of carbonyl (C=O) groups is 1. The zero-order valence-electron chi connectivity index (χ0n) is 8.49. The van der Waals surface area contributed by atoms with Crippen LogP contribution < -0.4 is 5.73 Å². The lowest BCUT2D eigenvalue weighted by Crippen LogP contribution is -2.11. The highest BCUT2D eigenvalue weighted by molar-refractivity contribution is 5.71. The molecule has 0 bridgehead atoms. The monoisotopic (exact) mass is 195 g/mol. The van der Waals surface area contributed by atoms with Crippen molar-refractivity contribution < 1.29 is 11.0 Å². The zero-order chi connectivity index (χ0) is 10.6. The van der Waals surface area contributed by atoms with Gasteiger partial charge in [0.25, 0.3) is 0 Å². The van der Waals surface area contributed by atoms with Crippen molar-refractivity contribution in [1.82, 2.24) is 0 Å². The van der Waals surface area contributed by atoms with E-state index in [2.05, 4.69) is 0 Å². The summed E-state index contributed by atoms with van der Waals surface area (Å²) in [6.07, 6.45) is 0. The van der Waals surface area contributed by atoms with Gasteiger partial charge in [0.15, 0.2) is 0 Å². The highest BCUT2D eigenvalue weighted by Crippen LogP contribution is 2.07. The molecule has 0 fully saturated rings. The summed E-state index contributed by atoms with van der Waals surface area (Å²) in [5.41, 5.74) is 7.19. The van der Waals surface area contributed by atoms with Gasteiger partial charge in [0.1, 0.15) is 6.61 Å². The van der Waals surface area contributed by atoms with Crippen molar-refractivity contribution in [3.05, 3.63) is 29.8 Å². The third kappa shape index (κ3) is 3.09. The van der Waals surface area contributed by atoms with E-state index in [4.69, 9.17) is 10.5 Å². The predicted octanol–water partition coefficient (Wildman–Crippen LogP) is 2.21. The van der Waals surface area contributed by atoms with Crippen LogP contribution in [0.1, 0.15) is 20.8 Å². The van der Waals surface area contributed by atoms with Gasteiger partial charge in [0.2, 0.25) is 0 Å². The van der Waals surface area contributed by atoms with Gasteiger partial charge < -0.3 is 10.5 Å². The summed E-state index contributed by atoms with van der Waals surface area (Å²) in [5, 5.41) is 0. The third-order valence-electron chi connectivity index (χ3n) is 1.83. The van der Waals surface area contributed by atoms with Crippen LogP contribution in [0.25, 0.3) is 0 Å². The SMILES string of the molecule is CC(C)C(=O)OCc1ccc(N)cc1.[HH]. The number of esters is 1. The van der Waals surface area contributed by atoms with Crippen LogP contribution in [0.2, 0.25) is 0 Å². The van der Waals surface area contributed by atoms with E-state index >= 15 is 0 Å². The van der Waals surface area contributed by atoms with Crippen molar-refractivity contribution in [3.8, 4) is 0 Å². The molecule has 14 heavy (non-hydrogen) atoms. The second-order valence-corrected chi connectivity index (χ2v) is 3.50. The van der Waals surface area contributed by atoms with E-state index in [9.17, 15) is 4.79 Å². The second kappa shape index (κ2) is 4.65. The summed E-state index contributed by atoms with van der Waals surface area (Å²) >= 11 is 0. The Kier molecular flexibility index (Phi) is 3.51. The predicted molar refractivity (Wildman–Crippen MR) is 57.6 cm³/mol. The summed E-state index contributed by atoms with van der Waals surface area (Å²) in [4.78, 5) is 11.1. The lowest BCUT2D eigenvalue weighted by atomic mass is 10.2. The van der Waals surface area contributed by atoms with E-state index in [1.807, 2.05) is 26.0 Å². The standard InChI is InChI=1S/C11H15NO2.H2/c1-8(2)11(13)14-7-9-3-5-10(12)6-4-9;/h3-6,8H,7,12H2,1-2H3;1H. The van der Waals surface area contributed by atoms with E-state index in [-0.39, 0.29) is 13.3 Å². The van der Waals surface area contributed by atoms with E-state index in [0.717, 1.165) is 5.56 Å². The molecule has 0 spiro atoms. The number of ether oxygens (including phenoxy) is 1. The molecule has 1 aromatic rings. The molecular weight excluding hydrogens is 178 g/mol. The second-order valence-electron chi connectivity index (χ2n) is 3.50. The molecule has 1 aromatic carbocycles. The molecule has 0 heterocycles. The Labute approximate surface area is 85.4 Å². The van der Waals surface area contributed by atoms with E-state index < -0.39 is 0 Å². The lowest BCUT2D eigenvalue weighted by molar-refractivity contribution is -0.148. The third-order valence-corrected chi connectivity index (χ3v) is 1.83. The van der Waals surface area contributed by atoms with Crippen LogP contribution in [0, 0.1) is 5.92 Å². The minimum Gasteiger partial charge on any atom is -0.461 e. The van der Waals surface area contributed by atoms with Gasteiger partial charge in [-0.05, 0) is 17.7 Å². The number of nitrogen functional groups attached to an aromatic ring is 1. The van der Waals surface area contributed by atoms with Crippen molar-refractivity contribution in [2.75, 3.05) is 5.73 Å². The van der Waals surface area contributed by atoms with Crippen LogP contribution in [-0.4, -0.2) is 5.97 Å². The first-order valence-corrected chi connectivity index (χ1v) is 4.60. The first kappa shape index (κ1) is 10.6. The van der Waals surface area contributed by atoms with Crippen molar-refractivity contribution in [2.24, 2.45) is 5.92 Å². The van der Waals surface area contributed by atoms with Crippen molar-refractivity contribution >= 4 is 11.7 Å². The van der Waals surface area contributed by atoms with Crippen LogP contribution in [0.3, 0.4) is 0 Å². The number of nitrogens with two attached hydrogens (primary N) is 1. The molecule has 0 aliphatic heterocycles. The molecule has 0 radical (unpaired) electrons. The highest BCUT2D eigenvalue weighted by atomic mass is 16.5. The molecule has 3 heteroatoms. The maximum absolute atomic E-state index is 11.1. The topological polar surface area (TPSA) is 52.3 Å². The van der Waals surface area contributed by atoms with Gasteiger partial charge in [-0.2, -0.15) is 0 Å². The van der Waals surface area contributed by atoms with Crippen LogP contribution in [-0.2, 0) is 16.1 Å². The van der Waals surface area contributed by atoms with Crippen LogP contribution in [0.15, 0.2) is 24.3 Å². The molecule has 78 valence electrons. The maximum atomic E-state index is 11.1. The molecule has 0 aliphatic carbocycles. The van der Waals surface area contributed by atoms with Crippen molar-refractivity contribution in [1.29, 1.82) is 0 Å². The summed E-state index contributed by atoms with van der Waals surface area (Å²) in [6.45, 7) is 3.94. The summed E-state index contributed by atoms with van der Waals surface area (Å²) in [7, 11) is 0. The molecular formula is C11H17NO2. The molecule has 0 saturated heterocycles. The summed E-state index contributed by atoms with van der Waals surface area (Å²) in [6, 6.07) is 7.28. The highest BCUT2D eigenvalue weighted by Gasteiger charge is 2.07. The molecule has 3 nitrogen and oxygen atoms in total. The fourth-order valence-corrected chi connectivity index (χ4v) is 0.935. The Bertz CT molecular complexity index is 309. The molecule has 1 rings (SSSR count). The molecule has 0 unspecified atom stereocenters. The van der Waals surface area contributed by atoms with Crippen LogP contribution in [0.5, 0.6) is 0 Å². The molecule has 0 saturated carbocycles. The average Bonchev–Trinajstić information content (AvgIpc) is 2.16. The van der Waals surface area contributed by atoms with Gasteiger partial charge in [-0.3, -0.25) is 4.79 Å². The number of hydrogen-bond donors (Lipinski definition) is 1. The summed E-state index contributed by atoms with van der Waals surface area (Å²) in [5.74, 6) is -0.259. The smallest absolute Gasteiger partial charge is 0.308 e. The van der Waals surface area contributed by atoms with Crippen molar-refractivity contribution in [2.45, 2.75) is 20.5 Å². The Morgan fingerprint density at radius 1 is 1.43 bits per heavy atom. The first-order chi connectivity index (χ1) is 6.59. The Morgan fingerprint density at radius 3 is 2.50 bits per heavy atom. The van der Waals surface area contributed by atoms with Gasteiger partial charge in [-0.1, -0.05) is 26.0 Å². The normalized spacial score (nSPS) is 10.2. The number of hydrogen-bond acceptors (Lipinski definition) is 3. The van der Waals surface area contributed by atoms with Gasteiger partial charge in [-0.15, -0.1) is 0 Å². The fourth-order valence-electron chi connectivity index (χ4n) is 0.935. The lowest BCUT2D eigenvalue weighted by Gasteiger charge is -2.06. The van der Waals surface area contributed by atoms with Gasteiger partial charge in [0, 0.05) is 7.11 Å². The Balaban J connectivity index is 0.00000196. The Morgan fingerprint density at radius 2 is 2.00 bits per heavy atom. The molecule has 0 aliphatic rings. The molecule has 0 atom stereocenters. The van der Waals surface area contributed by atoms with Gasteiger partial charge in [0.05, 0.1) is 5.92 Å². The molecule has 0 amide bonds. The van der Waals surface area contributed by atoms with Gasteiger partial charge in [-0.25, -0.2) is 0 Å². The Hall–Kier alpha value is -1.51. The minimum atomic E-state index is -0.179. The molecule has 2 N–H and O–H groups in total. The largest absolute Gasteiger partial charge is 0.461 e. The fraction of sp³-hybridized carbons (Fsp3) is 0.364. The minimum absolute atomic E-state index is 0. The summed E-state index contributed by atoms with van der Waals surface area (Å²) < 4.78 is 5.05.